The van der Waals surface area contributed by atoms with Crippen molar-refractivity contribution < 1.29 is 13.5 Å². The summed E-state index contributed by atoms with van der Waals surface area (Å²) in [7, 11) is 1.67. The van der Waals surface area contributed by atoms with E-state index in [1.54, 1.807) is 25.5 Å². The van der Waals surface area contributed by atoms with Crippen LogP contribution in [0.4, 0.5) is 14.5 Å². The molecule has 4 aromatic rings. The van der Waals surface area contributed by atoms with E-state index in [2.05, 4.69) is 9.71 Å². The molecule has 154 valence electrons. The van der Waals surface area contributed by atoms with E-state index < -0.39 is 11.6 Å². The van der Waals surface area contributed by atoms with Crippen molar-refractivity contribution >= 4 is 28.5 Å². The van der Waals surface area contributed by atoms with Gasteiger partial charge in [-0.2, -0.15) is 0 Å². The zero-order valence-corrected chi connectivity index (χ0v) is 17.1. The maximum Gasteiger partial charge on any atom is 0.274 e. The highest BCUT2D eigenvalue weighted by Gasteiger charge is 2.17. The molecule has 2 aromatic carbocycles. The maximum absolute atomic E-state index is 14.2. The van der Waals surface area contributed by atoms with Gasteiger partial charge in [0.05, 0.1) is 0 Å². The van der Waals surface area contributed by atoms with Crippen molar-refractivity contribution in [1.82, 2.24) is 9.55 Å². The van der Waals surface area contributed by atoms with Crippen LogP contribution in [0.2, 0.25) is 0 Å². The Balaban J connectivity index is 1.89. The van der Waals surface area contributed by atoms with E-state index >= 15 is 0 Å². The molecular weight excluding hydrogens is 408 g/mol. The van der Waals surface area contributed by atoms with Crippen molar-refractivity contribution in [2.45, 2.75) is 6.92 Å². The van der Waals surface area contributed by atoms with Crippen LogP contribution in [0.3, 0.4) is 0 Å². The van der Waals surface area contributed by atoms with Gasteiger partial charge in [0.2, 0.25) is 0 Å². The normalized spacial score (nSPS) is 11.1. The summed E-state index contributed by atoms with van der Waals surface area (Å²) in [6.45, 7) is 2.03. The SMILES string of the molecule is CCSNc1ccc(Oc2ccc(F)cc2F)c(-c2cn(C)c(=O)c3[nH]ccc23)c1. The van der Waals surface area contributed by atoms with Crippen LogP contribution in [0.25, 0.3) is 22.0 Å². The zero-order chi connectivity index (χ0) is 21.3. The predicted molar refractivity (Wildman–Crippen MR) is 117 cm³/mol. The number of H-pyrrole nitrogens is 1. The summed E-state index contributed by atoms with van der Waals surface area (Å²) in [5, 5.41) is 0.725. The summed E-state index contributed by atoms with van der Waals surface area (Å²) >= 11 is 1.54. The van der Waals surface area contributed by atoms with Crippen molar-refractivity contribution in [2.24, 2.45) is 7.05 Å². The van der Waals surface area contributed by atoms with Gasteiger partial charge in [0, 0.05) is 53.5 Å². The fourth-order valence-electron chi connectivity index (χ4n) is 3.21. The van der Waals surface area contributed by atoms with Crippen LogP contribution in [0.15, 0.2) is 59.7 Å². The molecule has 0 saturated heterocycles. The molecule has 0 atom stereocenters. The minimum absolute atomic E-state index is 0.0866. The molecule has 0 bridgehead atoms. The van der Waals surface area contributed by atoms with Gasteiger partial charge in [-0.15, -0.1) is 0 Å². The average molecular weight is 427 g/mol. The molecule has 0 spiro atoms. The number of ether oxygens (including phenoxy) is 1. The van der Waals surface area contributed by atoms with Crippen molar-refractivity contribution in [1.29, 1.82) is 0 Å². The van der Waals surface area contributed by atoms with Crippen molar-refractivity contribution in [3.8, 4) is 22.6 Å². The molecular formula is C22H19F2N3O2S. The highest BCUT2D eigenvalue weighted by Crippen LogP contribution is 2.39. The molecule has 5 nitrogen and oxygen atoms in total. The molecule has 4 rings (SSSR count). The van der Waals surface area contributed by atoms with E-state index in [4.69, 9.17) is 4.74 Å². The summed E-state index contributed by atoms with van der Waals surface area (Å²) in [6, 6.07) is 10.4. The lowest BCUT2D eigenvalue weighted by Crippen LogP contribution is -2.16. The quantitative estimate of drug-likeness (QED) is 0.389. The number of aryl methyl sites for hydroxylation is 1. The third-order valence-corrected chi connectivity index (χ3v) is 5.28. The molecule has 0 aliphatic heterocycles. The molecule has 0 amide bonds. The molecule has 0 unspecified atom stereocenters. The lowest BCUT2D eigenvalue weighted by atomic mass is 10.0. The Hall–Kier alpha value is -3.26. The molecule has 30 heavy (non-hydrogen) atoms. The van der Waals surface area contributed by atoms with Gasteiger partial charge in [0.15, 0.2) is 11.6 Å². The Morgan fingerprint density at radius 3 is 2.67 bits per heavy atom. The lowest BCUT2D eigenvalue weighted by molar-refractivity contribution is 0.439. The number of benzene rings is 2. The van der Waals surface area contributed by atoms with Crippen molar-refractivity contribution in [3.63, 3.8) is 0 Å². The maximum atomic E-state index is 14.2. The average Bonchev–Trinajstić information content (AvgIpc) is 3.22. The van der Waals surface area contributed by atoms with Crippen molar-refractivity contribution in [2.75, 3.05) is 10.5 Å². The number of aromatic nitrogens is 2. The van der Waals surface area contributed by atoms with Crippen LogP contribution < -0.4 is 15.0 Å². The van der Waals surface area contributed by atoms with E-state index in [1.165, 1.54) is 22.6 Å². The van der Waals surface area contributed by atoms with Crippen LogP contribution >= 0.6 is 11.9 Å². The summed E-state index contributed by atoms with van der Waals surface area (Å²) < 4.78 is 38.0. The van der Waals surface area contributed by atoms with Gasteiger partial charge in [-0.05, 0) is 36.4 Å². The third kappa shape index (κ3) is 3.78. The Morgan fingerprint density at radius 2 is 1.90 bits per heavy atom. The number of nitrogens with zero attached hydrogens (tertiary/aromatic N) is 1. The molecule has 2 heterocycles. The second kappa shape index (κ2) is 8.23. The predicted octanol–water partition coefficient (Wildman–Crippen LogP) is 5.68. The van der Waals surface area contributed by atoms with Gasteiger partial charge in [-0.3, -0.25) is 4.79 Å². The van der Waals surface area contributed by atoms with Crippen LogP contribution in [0.5, 0.6) is 11.5 Å². The highest BCUT2D eigenvalue weighted by atomic mass is 32.2. The second-order valence-electron chi connectivity index (χ2n) is 6.65. The largest absolute Gasteiger partial charge is 0.454 e. The topological polar surface area (TPSA) is 59.0 Å². The number of halogens is 2. The zero-order valence-electron chi connectivity index (χ0n) is 16.3. The van der Waals surface area contributed by atoms with E-state index in [0.717, 1.165) is 34.5 Å². The third-order valence-electron chi connectivity index (χ3n) is 4.61. The number of hydrogen-bond acceptors (Lipinski definition) is 4. The number of pyridine rings is 1. The standard InChI is InChI=1S/C22H19F2N3O2S/c1-3-30-26-14-5-7-19(29-20-6-4-13(23)10-18(20)24)16(11-14)17-12-27(2)22(28)21-15(17)8-9-25-21/h4-12,25-26H,3H2,1-2H3. The molecule has 0 aliphatic carbocycles. The summed E-state index contributed by atoms with van der Waals surface area (Å²) in [5.41, 5.74) is 2.56. The van der Waals surface area contributed by atoms with Crippen LogP contribution in [0, 0.1) is 11.6 Å². The first-order valence-corrected chi connectivity index (χ1v) is 10.3. The van der Waals surface area contributed by atoms with Crippen LogP contribution in [-0.2, 0) is 7.05 Å². The fraction of sp³-hybridized carbons (Fsp3) is 0.136. The summed E-state index contributed by atoms with van der Waals surface area (Å²) in [5.74, 6) is -0.304. The van der Waals surface area contributed by atoms with Crippen molar-refractivity contribution in [3.05, 3.63) is 76.8 Å². The number of fused-ring (bicyclic) bond motifs is 1. The van der Waals surface area contributed by atoms with E-state index in [-0.39, 0.29) is 11.3 Å². The van der Waals surface area contributed by atoms with Gasteiger partial charge in [-0.25, -0.2) is 8.78 Å². The minimum Gasteiger partial charge on any atom is -0.454 e. The molecule has 8 heteroatoms. The molecule has 0 aliphatic rings. The first-order valence-electron chi connectivity index (χ1n) is 9.29. The van der Waals surface area contributed by atoms with E-state index in [0.29, 0.717) is 16.8 Å². The summed E-state index contributed by atoms with van der Waals surface area (Å²) in [4.78, 5) is 15.4. The molecule has 2 N–H and O–H groups in total. The number of hydrogen-bond donors (Lipinski definition) is 2. The van der Waals surface area contributed by atoms with Gasteiger partial charge in [-0.1, -0.05) is 18.9 Å². The van der Waals surface area contributed by atoms with Gasteiger partial charge >= 0.3 is 0 Å². The molecule has 0 saturated carbocycles. The fourth-order valence-corrected chi connectivity index (χ4v) is 3.65. The van der Waals surface area contributed by atoms with E-state index in [9.17, 15) is 13.6 Å². The molecule has 0 radical (unpaired) electrons. The number of anilines is 1. The monoisotopic (exact) mass is 427 g/mol. The Labute approximate surface area is 175 Å². The highest BCUT2D eigenvalue weighted by molar-refractivity contribution is 8.00. The minimum atomic E-state index is -0.794. The first kappa shape index (κ1) is 20.0. The Morgan fingerprint density at radius 1 is 1.10 bits per heavy atom. The number of nitrogens with one attached hydrogen (secondary N) is 2. The molecule has 2 aromatic heterocycles. The van der Waals surface area contributed by atoms with Crippen LogP contribution in [0.1, 0.15) is 6.92 Å². The Bertz CT molecular complexity index is 1280. The Kier molecular flexibility index (Phi) is 5.50. The van der Waals surface area contributed by atoms with Gasteiger partial charge < -0.3 is 19.0 Å². The smallest absolute Gasteiger partial charge is 0.274 e. The van der Waals surface area contributed by atoms with E-state index in [1.807, 2.05) is 25.1 Å². The summed E-state index contributed by atoms with van der Waals surface area (Å²) in [6.07, 6.45) is 3.42. The van der Waals surface area contributed by atoms with Gasteiger partial charge in [0.25, 0.3) is 5.56 Å². The van der Waals surface area contributed by atoms with Crippen LogP contribution in [-0.4, -0.2) is 15.3 Å². The second-order valence-corrected chi connectivity index (χ2v) is 7.72. The lowest BCUT2D eigenvalue weighted by Gasteiger charge is -2.16. The number of aromatic amines is 1. The number of rotatable bonds is 6. The molecule has 0 fully saturated rings. The van der Waals surface area contributed by atoms with Gasteiger partial charge in [0.1, 0.15) is 17.1 Å². The first-order chi connectivity index (χ1) is 14.5.